The summed E-state index contributed by atoms with van der Waals surface area (Å²) in [5, 5.41) is 0. The molecule has 1 aliphatic rings. The van der Waals surface area contributed by atoms with Crippen LogP contribution in [0.1, 0.15) is 25.0 Å². The summed E-state index contributed by atoms with van der Waals surface area (Å²) < 4.78 is 55.5. The van der Waals surface area contributed by atoms with Crippen molar-refractivity contribution in [3.05, 3.63) is 144 Å². The van der Waals surface area contributed by atoms with Crippen molar-refractivity contribution in [1.82, 2.24) is 0 Å². The van der Waals surface area contributed by atoms with E-state index in [2.05, 4.69) is 0 Å². The zero-order valence-electron chi connectivity index (χ0n) is 25.2. The third kappa shape index (κ3) is 8.57. The van der Waals surface area contributed by atoms with Crippen molar-refractivity contribution >= 4 is 0 Å². The molecule has 0 unspecified atom stereocenters. The summed E-state index contributed by atoms with van der Waals surface area (Å²) in [6.07, 6.45) is -4.52. The van der Waals surface area contributed by atoms with Crippen LogP contribution in [0.2, 0.25) is 0 Å². The highest BCUT2D eigenvalue weighted by molar-refractivity contribution is 5.16. The van der Waals surface area contributed by atoms with Crippen LogP contribution in [0.25, 0.3) is 0 Å². The van der Waals surface area contributed by atoms with Gasteiger partial charge in [-0.3, -0.25) is 0 Å². The third-order valence-corrected chi connectivity index (χ3v) is 6.86. The molecule has 214 valence electrons. The number of hydrogen-bond acceptors (Lipinski definition) is 6. The van der Waals surface area contributed by atoms with Gasteiger partial charge < -0.3 is 28.4 Å². The van der Waals surface area contributed by atoms with Crippen molar-refractivity contribution in [2.75, 3.05) is 13.7 Å². The lowest BCUT2D eigenvalue weighted by molar-refractivity contribution is -0.323. The Bertz CT molecular complexity index is 1340. The van der Waals surface area contributed by atoms with Gasteiger partial charge in [0.1, 0.15) is 24.4 Å². The highest BCUT2D eigenvalue weighted by atomic mass is 16.7. The Morgan fingerprint density at radius 1 is 0.537 bits per heavy atom. The van der Waals surface area contributed by atoms with Gasteiger partial charge in [0.15, 0.2) is 6.29 Å². The smallest absolute Gasteiger partial charge is 0.186 e. The van der Waals surface area contributed by atoms with Crippen LogP contribution in [0.5, 0.6) is 0 Å². The molecular weight excluding hydrogens is 516 g/mol. The van der Waals surface area contributed by atoms with Crippen LogP contribution in [0.15, 0.2) is 121 Å². The lowest BCUT2D eigenvalue weighted by Crippen LogP contribution is -2.61. The molecule has 0 radical (unpaired) electrons. The molecule has 5 rings (SSSR count). The number of hydrogen-bond donors (Lipinski definition) is 0. The van der Waals surface area contributed by atoms with Crippen molar-refractivity contribution in [3.8, 4) is 0 Å². The van der Waals surface area contributed by atoms with Gasteiger partial charge in [0.05, 0.1) is 35.7 Å². The molecule has 0 aliphatic carbocycles. The fourth-order valence-electron chi connectivity index (χ4n) is 4.72. The predicted molar refractivity (Wildman–Crippen MR) is 157 cm³/mol. The SMILES string of the molecule is [2H]C([2H])(OCc1ccccc1)[C@H]1O[C@H](OC)[C@H](OCc2ccccc2)[C@@H](OCc2ccccc2)[C@@H]1OCc1ccccc1. The number of rotatable bonds is 14. The summed E-state index contributed by atoms with van der Waals surface area (Å²) in [5.74, 6) is 0. The molecule has 0 aromatic heterocycles. The maximum atomic E-state index is 9.02. The van der Waals surface area contributed by atoms with Crippen molar-refractivity contribution in [2.45, 2.75) is 57.1 Å². The van der Waals surface area contributed by atoms with Crippen LogP contribution in [-0.4, -0.2) is 44.4 Å². The minimum absolute atomic E-state index is 0.0558. The van der Waals surface area contributed by atoms with Crippen molar-refractivity contribution in [1.29, 1.82) is 0 Å². The predicted octanol–water partition coefficient (Wildman–Crippen LogP) is 6.33. The molecule has 0 saturated carbocycles. The van der Waals surface area contributed by atoms with Gasteiger partial charge in [-0.1, -0.05) is 121 Å². The Labute approximate surface area is 245 Å². The van der Waals surface area contributed by atoms with E-state index in [9.17, 15) is 0 Å². The second-order valence-electron chi connectivity index (χ2n) is 9.84. The van der Waals surface area contributed by atoms with Gasteiger partial charge in [0, 0.05) is 7.11 Å². The summed E-state index contributed by atoms with van der Waals surface area (Å²) in [4.78, 5) is 0. The largest absolute Gasteiger partial charge is 0.374 e. The van der Waals surface area contributed by atoms with Crippen LogP contribution >= 0.6 is 0 Å². The van der Waals surface area contributed by atoms with Gasteiger partial charge >= 0.3 is 0 Å². The summed E-state index contributed by atoms with van der Waals surface area (Å²) >= 11 is 0. The van der Waals surface area contributed by atoms with E-state index in [0.29, 0.717) is 0 Å². The first-order valence-corrected chi connectivity index (χ1v) is 13.9. The lowest BCUT2D eigenvalue weighted by atomic mass is 9.97. The van der Waals surface area contributed by atoms with E-state index >= 15 is 0 Å². The second kappa shape index (κ2) is 15.6. The zero-order chi connectivity index (χ0) is 29.9. The topological polar surface area (TPSA) is 55.4 Å². The third-order valence-electron chi connectivity index (χ3n) is 6.86. The summed E-state index contributed by atoms with van der Waals surface area (Å²) in [5.41, 5.74) is 3.72. The molecule has 41 heavy (non-hydrogen) atoms. The molecule has 0 spiro atoms. The van der Waals surface area contributed by atoms with Crippen molar-refractivity contribution < 1.29 is 31.2 Å². The van der Waals surface area contributed by atoms with Crippen LogP contribution in [-0.2, 0) is 54.8 Å². The Morgan fingerprint density at radius 2 is 0.927 bits per heavy atom. The molecule has 4 aromatic carbocycles. The molecule has 4 aromatic rings. The van der Waals surface area contributed by atoms with Crippen LogP contribution < -0.4 is 0 Å². The van der Waals surface area contributed by atoms with E-state index < -0.39 is 37.3 Å². The van der Waals surface area contributed by atoms with Crippen LogP contribution in [0.3, 0.4) is 0 Å². The summed E-state index contributed by atoms with van der Waals surface area (Å²) in [6.45, 7) is -1.44. The average molecular weight is 557 g/mol. The molecule has 1 saturated heterocycles. The van der Waals surface area contributed by atoms with Gasteiger partial charge in [-0.2, -0.15) is 0 Å². The molecule has 1 aliphatic heterocycles. The van der Waals surface area contributed by atoms with Gasteiger partial charge in [0.25, 0.3) is 0 Å². The van der Waals surface area contributed by atoms with E-state index in [4.69, 9.17) is 31.2 Å². The fraction of sp³-hybridized carbons (Fsp3) is 0.314. The Kier molecular flexibility index (Phi) is 10.1. The minimum atomic E-state index is -2.26. The van der Waals surface area contributed by atoms with E-state index in [0.717, 1.165) is 22.3 Å². The maximum Gasteiger partial charge on any atom is 0.186 e. The molecule has 6 nitrogen and oxygen atoms in total. The van der Waals surface area contributed by atoms with Gasteiger partial charge in [-0.05, 0) is 22.3 Å². The monoisotopic (exact) mass is 556 g/mol. The summed E-state index contributed by atoms with van der Waals surface area (Å²) in [7, 11) is 1.51. The van der Waals surface area contributed by atoms with Gasteiger partial charge in [-0.25, -0.2) is 0 Å². The van der Waals surface area contributed by atoms with Gasteiger partial charge in [-0.15, -0.1) is 0 Å². The first-order valence-electron chi connectivity index (χ1n) is 14.9. The highest BCUT2D eigenvalue weighted by Crippen LogP contribution is 2.31. The van der Waals surface area contributed by atoms with E-state index in [1.807, 2.05) is 121 Å². The van der Waals surface area contributed by atoms with E-state index in [1.54, 1.807) is 0 Å². The first kappa shape index (κ1) is 26.5. The molecule has 1 heterocycles. The Morgan fingerprint density at radius 3 is 1.37 bits per heavy atom. The lowest BCUT2D eigenvalue weighted by Gasteiger charge is -2.45. The van der Waals surface area contributed by atoms with E-state index in [1.165, 1.54) is 7.11 Å². The molecule has 1 fully saturated rings. The number of methoxy groups -OCH3 is 1. The Balaban J connectivity index is 1.45. The first-order chi connectivity index (χ1) is 21.0. The quantitative estimate of drug-likeness (QED) is 0.181. The number of ether oxygens (including phenoxy) is 6. The molecular formula is C35H38O6. The fourth-order valence-corrected chi connectivity index (χ4v) is 4.72. The van der Waals surface area contributed by atoms with Crippen LogP contribution in [0.4, 0.5) is 0 Å². The molecule has 0 amide bonds. The normalized spacial score (nSPS) is 23.5. The van der Waals surface area contributed by atoms with Crippen molar-refractivity contribution in [3.63, 3.8) is 0 Å². The highest BCUT2D eigenvalue weighted by Gasteiger charge is 2.48. The second-order valence-corrected chi connectivity index (χ2v) is 9.84. The van der Waals surface area contributed by atoms with Crippen molar-refractivity contribution in [2.24, 2.45) is 0 Å². The summed E-state index contributed by atoms with van der Waals surface area (Å²) in [6, 6.07) is 38.8. The molecule has 0 bridgehead atoms. The molecule has 5 atom stereocenters. The van der Waals surface area contributed by atoms with Gasteiger partial charge in [0.2, 0.25) is 0 Å². The average Bonchev–Trinajstić information content (AvgIpc) is 3.06. The number of benzene rings is 4. The van der Waals surface area contributed by atoms with E-state index in [-0.39, 0.29) is 26.4 Å². The zero-order valence-corrected chi connectivity index (χ0v) is 23.2. The van der Waals surface area contributed by atoms with Crippen LogP contribution in [0, 0.1) is 0 Å². The molecule has 6 heteroatoms. The molecule has 0 N–H and O–H groups in total. The Hall–Kier alpha value is -3.36. The maximum absolute atomic E-state index is 9.02. The minimum Gasteiger partial charge on any atom is -0.374 e. The standard InChI is InChI=1S/C35H38O6/c1-36-35-34(40-25-30-20-12-5-13-21-30)33(39-24-29-18-10-4-11-19-29)32(38-23-28-16-8-3-9-17-28)31(41-35)26-37-22-27-14-6-2-7-15-27/h2-21,31-35H,22-26H2,1H3/t31-,32-,33+,34-,35+/m1/s1/i26D2.